The molecular weight excluding hydrogens is 317 g/mol. The predicted octanol–water partition coefficient (Wildman–Crippen LogP) is 2.89. The van der Waals surface area contributed by atoms with Crippen LogP contribution < -0.4 is 11.2 Å². The molecule has 1 aromatic carbocycles. The van der Waals surface area contributed by atoms with Crippen LogP contribution in [0.15, 0.2) is 18.2 Å². The molecule has 0 atom stereocenters. The quantitative estimate of drug-likeness (QED) is 0.844. The topological polar surface area (TPSA) is 44.5 Å². The summed E-state index contributed by atoms with van der Waals surface area (Å²) >= 11 is 0. The lowest BCUT2D eigenvalue weighted by atomic mass is 9.77. The summed E-state index contributed by atoms with van der Waals surface area (Å²) in [5.74, 6) is 0. The van der Waals surface area contributed by atoms with Gasteiger partial charge in [-0.3, -0.25) is 0 Å². The lowest BCUT2D eigenvalue weighted by Gasteiger charge is -2.32. The molecule has 3 nitrogen and oxygen atoms in total. The molecule has 2 N–H and O–H groups in total. The average Bonchev–Trinajstić information content (AvgIpc) is 2.56. The number of hydrogen-bond donors (Lipinski definition) is 1. The fourth-order valence-electron chi connectivity index (χ4n) is 2.16. The third-order valence-electron chi connectivity index (χ3n) is 4.18. The second-order valence-corrected chi connectivity index (χ2v) is 6.21. The maximum Gasteiger partial charge on any atom is 0.494 e. The first kappa shape index (κ1) is 19.3. The minimum Gasteiger partial charge on any atom is -0.399 e. The van der Waals surface area contributed by atoms with Gasteiger partial charge in [0, 0.05) is 6.54 Å². The Morgan fingerprint density at radius 3 is 2.00 bits per heavy atom. The Morgan fingerprint density at radius 2 is 1.59 bits per heavy atom. The monoisotopic (exact) mass is 337 g/mol. The number of benzene rings is 1. The van der Waals surface area contributed by atoms with Gasteiger partial charge in [0.15, 0.2) is 0 Å². The second-order valence-electron chi connectivity index (χ2n) is 6.21. The molecule has 0 amide bonds. The second kappa shape index (κ2) is 6.04. The van der Waals surface area contributed by atoms with Gasteiger partial charge in [0.25, 0.3) is 0 Å². The minimum atomic E-state index is -4.45. The largest absolute Gasteiger partial charge is 0.494 e. The van der Waals surface area contributed by atoms with Crippen LogP contribution in [0.1, 0.15) is 38.8 Å². The summed E-state index contributed by atoms with van der Waals surface area (Å²) in [5.41, 5.74) is 3.85. The van der Waals surface area contributed by atoms with E-state index < -0.39 is 30.1 Å². The molecule has 0 saturated carbocycles. The van der Waals surface area contributed by atoms with Gasteiger partial charge in [-0.1, -0.05) is 12.1 Å². The number of alkyl halides is 3. The molecule has 1 saturated heterocycles. The van der Waals surface area contributed by atoms with Crippen LogP contribution in [0.5, 0.6) is 0 Å². The van der Waals surface area contributed by atoms with Gasteiger partial charge < -0.3 is 15.0 Å². The highest BCUT2D eigenvalue weighted by Crippen LogP contribution is 2.37. The average molecular weight is 338 g/mol. The summed E-state index contributed by atoms with van der Waals surface area (Å²) in [5, 5.41) is 0. The van der Waals surface area contributed by atoms with E-state index in [1.54, 1.807) is 6.07 Å². The molecule has 8 heteroatoms. The fraction of sp³-hybridized carbons (Fsp3) is 0.571. The molecule has 0 aliphatic carbocycles. The van der Waals surface area contributed by atoms with Crippen molar-refractivity contribution in [3.8, 4) is 0 Å². The Labute approximate surface area is 134 Å². The maximum atomic E-state index is 13.1. The van der Waals surface area contributed by atoms with Crippen LogP contribution in [0, 0.1) is 0 Å². The van der Waals surface area contributed by atoms with Crippen LogP contribution in [0.2, 0.25) is 0 Å². The molecule has 1 fully saturated rings. The molecule has 1 heterocycles. The highest BCUT2D eigenvalue weighted by Gasteiger charge is 2.52. The lowest BCUT2D eigenvalue weighted by molar-refractivity contribution is -0.138. The van der Waals surface area contributed by atoms with Crippen LogP contribution in [0.4, 0.5) is 13.2 Å². The number of hydrogen-bond acceptors (Lipinski definition) is 3. The molecule has 22 heavy (non-hydrogen) atoms. The van der Waals surface area contributed by atoms with Crippen LogP contribution in [0.3, 0.4) is 0 Å². The normalized spacial score (nSPS) is 19.9. The SMILES string of the molecule is CC1(C)OB(c2ccc(CN)c(C(F)(F)F)c2)OC1(C)C.Cl. The van der Waals surface area contributed by atoms with Gasteiger partial charge in [-0.05, 0) is 44.8 Å². The summed E-state index contributed by atoms with van der Waals surface area (Å²) < 4.78 is 50.7. The van der Waals surface area contributed by atoms with E-state index in [1.165, 1.54) is 6.07 Å². The first-order valence-corrected chi connectivity index (χ1v) is 6.74. The van der Waals surface area contributed by atoms with Crippen molar-refractivity contribution < 1.29 is 22.5 Å². The Kier molecular flexibility index (Phi) is 5.29. The summed E-state index contributed by atoms with van der Waals surface area (Å²) in [6.45, 7) is 7.24. The zero-order chi connectivity index (χ0) is 16.1. The third kappa shape index (κ3) is 3.43. The molecule has 0 spiro atoms. The standard InChI is InChI=1S/C14H19BF3NO2.ClH/c1-12(2)13(3,4)21-15(20-12)10-6-5-9(8-19)11(7-10)14(16,17)18;/h5-7H,8,19H2,1-4H3;1H. The Hall–Kier alpha value is -0.755. The van der Waals surface area contributed by atoms with Crippen molar-refractivity contribution >= 4 is 25.0 Å². The van der Waals surface area contributed by atoms with E-state index in [0.717, 1.165) is 6.07 Å². The molecule has 1 aromatic rings. The summed E-state index contributed by atoms with van der Waals surface area (Å²) in [4.78, 5) is 0. The highest BCUT2D eigenvalue weighted by atomic mass is 35.5. The number of rotatable bonds is 2. The van der Waals surface area contributed by atoms with Crippen LogP contribution >= 0.6 is 12.4 Å². The summed E-state index contributed by atoms with van der Waals surface area (Å²) in [7, 11) is -0.817. The highest BCUT2D eigenvalue weighted by molar-refractivity contribution is 6.62. The first-order valence-electron chi connectivity index (χ1n) is 6.74. The molecule has 0 unspecified atom stereocenters. The van der Waals surface area contributed by atoms with Gasteiger partial charge in [-0.15, -0.1) is 12.4 Å². The number of nitrogens with two attached hydrogens (primary N) is 1. The van der Waals surface area contributed by atoms with Crippen LogP contribution in [-0.2, 0) is 22.0 Å². The Balaban J connectivity index is 0.00000242. The summed E-state index contributed by atoms with van der Waals surface area (Å²) in [6.07, 6.45) is -4.45. The van der Waals surface area contributed by atoms with Crippen LogP contribution in [-0.4, -0.2) is 18.3 Å². The molecule has 1 aliphatic rings. The van der Waals surface area contributed by atoms with Crippen molar-refractivity contribution in [3.63, 3.8) is 0 Å². The lowest BCUT2D eigenvalue weighted by Crippen LogP contribution is -2.41. The molecular formula is C14H20BClF3NO2. The van der Waals surface area contributed by atoms with Gasteiger partial charge in [-0.25, -0.2) is 0 Å². The number of halogens is 4. The minimum absolute atomic E-state index is 0. The van der Waals surface area contributed by atoms with Crippen LogP contribution in [0.25, 0.3) is 0 Å². The van der Waals surface area contributed by atoms with Gasteiger partial charge in [0.05, 0.1) is 16.8 Å². The van der Waals surface area contributed by atoms with E-state index in [4.69, 9.17) is 15.0 Å². The van der Waals surface area contributed by atoms with E-state index in [-0.39, 0.29) is 24.5 Å². The zero-order valence-electron chi connectivity index (χ0n) is 13.0. The van der Waals surface area contributed by atoms with Gasteiger partial charge in [-0.2, -0.15) is 13.2 Å². The van der Waals surface area contributed by atoms with E-state index in [9.17, 15) is 13.2 Å². The third-order valence-corrected chi connectivity index (χ3v) is 4.18. The van der Waals surface area contributed by atoms with Gasteiger partial charge in [0.2, 0.25) is 0 Å². The molecule has 2 rings (SSSR count). The van der Waals surface area contributed by atoms with E-state index >= 15 is 0 Å². The van der Waals surface area contributed by atoms with E-state index in [1.807, 2.05) is 27.7 Å². The van der Waals surface area contributed by atoms with Crippen molar-refractivity contribution in [2.75, 3.05) is 0 Å². The zero-order valence-corrected chi connectivity index (χ0v) is 13.8. The molecule has 0 bridgehead atoms. The van der Waals surface area contributed by atoms with Gasteiger partial charge in [0.1, 0.15) is 0 Å². The van der Waals surface area contributed by atoms with Crippen molar-refractivity contribution in [2.24, 2.45) is 5.73 Å². The molecule has 124 valence electrons. The van der Waals surface area contributed by atoms with Crippen molar-refractivity contribution in [2.45, 2.75) is 51.6 Å². The van der Waals surface area contributed by atoms with E-state index in [0.29, 0.717) is 5.46 Å². The Morgan fingerprint density at radius 1 is 1.09 bits per heavy atom. The van der Waals surface area contributed by atoms with Crippen molar-refractivity contribution in [1.82, 2.24) is 0 Å². The van der Waals surface area contributed by atoms with Crippen molar-refractivity contribution in [3.05, 3.63) is 29.3 Å². The molecule has 0 aromatic heterocycles. The smallest absolute Gasteiger partial charge is 0.399 e. The molecule has 1 aliphatic heterocycles. The van der Waals surface area contributed by atoms with E-state index in [2.05, 4.69) is 0 Å². The maximum absolute atomic E-state index is 13.1. The predicted molar refractivity (Wildman–Crippen MR) is 82.3 cm³/mol. The Bertz CT molecular complexity index is 533. The first-order chi connectivity index (χ1) is 9.48. The molecule has 0 radical (unpaired) electrons. The van der Waals surface area contributed by atoms with Crippen molar-refractivity contribution in [1.29, 1.82) is 0 Å². The fourth-order valence-corrected chi connectivity index (χ4v) is 2.16. The summed E-state index contributed by atoms with van der Waals surface area (Å²) in [6, 6.07) is 4.01. The van der Waals surface area contributed by atoms with Gasteiger partial charge >= 0.3 is 13.3 Å².